The number of aromatic nitrogens is 2. The molecule has 0 spiro atoms. The van der Waals surface area contributed by atoms with Crippen LogP contribution in [0.1, 0.15) is 17.4 Å². The second-order valence-electron chi connectivity index (χ2n) is 4.41. The Labute approximate surface area is 107 Å². The quantitative estimate of drug-likeness (QED) is 0.834. The van der Waals surface area contributed by atoms with Crippen molar-refractivity contribution in [3.05, 3.63) is 18.1 Å². The van der Waals surface area contributed by atoms with E-state index in [1.54, 1.807) is 12.4 Å². The highest BCUT2D eigenvalue weighted by molar-refractivity contribution is 5.92. The van der Waals surface area contributed by atoms with Crippen LogP contribution in [0.3, 0.4) is 0 Å². The lowest BCUT2D eigenvalue weighted by Gasteiger charge is -2.32. The lowest BCUT2D eigenvalue weighted by molar-refractivity contribution is 0.0658. The van der Waals surface area contributed by atoms with Crippen LogP contribution >= 0.6 is 0 Å². The predicted molar refractivity (Wildman–Crippen MR) is 69.6 cm³/mol. The molecule has 0 aromatic carbocycles. The molecule has 0 unspecified atom stereocenters. The highest BCUT2D eigenvalue weighted by Crippen LogP contribution is 2.07. The minimum absolute atomic E-state index is 0.0290. The van der Waals surface area contributed by atoms with Gasteiger partial charge in [-0.3, -0.25) is 4.79 Å². The van der Waals surface area contributed by atoms with Crippen LogP contribution < -0.4 is 5.32 Å². The molecule has 1 aliphatic rings. The molecule has 1 saturated heterocycles. The molecule has 1 fully saturated rings. The second-order valence-corrected chi connectivity index (χ2v) is 4.41. The third kappa shape index (κ3) is 2.95. The van der Waals surface area contributed by atoms with Gasteiger partial charge in [-0.1, -0.05) is 0 Å². The Kier molecular flexibility index (Phi) is 4.09. The van der Waals surface area contributed by atoms with Crippen molar-refractivity contribution in [2.24, 2.45) is 0 Å². The van der Waals surface area contributed by atoms with Gasteiger partial charge in [-0.25, -0.2) is 9.97 Å². The number of likely N-dealkylation sites (N-methyl/N-ethyl adjacent to an activating group) is 1. The molecule has 6 heteroatoms. The summed E-state index contributed by atoms with van der Waals surface area (Å²) in [5.41, 5.74) is 0.418. The van der Waals surface area contributed by atoms with Crippen molar-refractivity contribution in [3.63, 3.8) is 0 Å². The van der Waals surface area contributed by atoms with Gasteiger partial charge in [0.15, 0.2) is 0 Å². The maximum absolute atomic E-state index is 12.2. The van der Waals surface area contributed by atoms with Crippen molar-refractivity contribution < 1.29 is 4.79 Å². The predicted octanol–water partition coefficient (Wildman–Crippen LogP) is 0.296. The number of hydrogen-bond donors (Lipinski definition) is 1. The van der Waals surface area contributed by atoms with Gasteiger partial charge in [0.2, 0.25) is 0 Å². The minimum atomic E-state index is -0.0290. The number of carbonyl (C=O) groups is 1. The summed E-state index contributed by atoms with van der Waals surface area (Å²) >= 11 is 0. The zero-order valence-electron chi connectivity index (χ0n) is 10.9. The summed E-state index contributed by atoms with van der Waals surface area (Å²) < 4.78 is 0. The first-order valence-corrected chi connectivity index (χ1v) is 6.24. The van der Waals surface area contributed by atoms with Crippen LogP contribution in [-0.2, 0) is 0 Å². The average molecular weight is 249 g/mol. The van der Waals surface area contributed by atoms with E-state index in [4.69, 9.17) is 0 Å². The Bertz CT molecular complexity index is 397. The van der Waals surface area contributed by atoms with Gasteiger partial charge < -0.3 is 15.1 Å². The van der Waals surface area contributed by atoms with Gasteiger partial charge in [-0.05, 0) is 14.0 Å². The maximum Gasteiger partial charge on any atom is 0.274 e. The number of carbonyl (C=O) groups excluding carboxylic acids is 1. The summed E-state index contributed by atoms with van der Waals surface area (Å²) in [6, 6.07) is 0. The second kappa shape index (κ2) is 5.77. The summed E-state index contributed by atoms with van der Waals surface area (Å²) in [5.74, 6) is 0.672. The first-order chi connectivity index (χ1) is 8.70. The summed E-state index contributed by atoms with van der Waals surface area (Å²) in [4.78, 5) is 24.5. The van der Waals surface area contributed by atoms with Crippen LogP contribution in [0.15, 0.2) is 12.4 Å². The van der Waals surface area contributed by atoms with Gasteiger partial charge in [0.25, 0.3) is 5.91 Å². The first-order valence-electron chi connectivity index (χ1n) is 6.24. The number of amides is 1. The molecule has 1 N–H and O–H groups in total. The van der Waals surface area contributed by atoms with Crippen molar-refractivity contribution >= 4 is 11.7 Å². The van der Waals surface area contributed by atoms with Gasteiger partial charge in [0.05, 0.1) is 12.4 Å². The molecular formula is C12H19N5O. The van der Waals surface area contributed by atoms with E-state index in [0.29, 0.717) is 11.5 Å². The molecular weight excluding hydrogens is 230 g/mol. The SMILES string of the molecule is CCNc1cnc(C(=O)N2CCN(C)CC2)cn1. The van der Waals surface area contributed by atoms with Crippen LogP contribution in [0, 0.1) is 0 Å². The Morgan fingerprint density at radius 1 is 1.28 bits per heavy atom. The third-order valence-corrected chi connectivity index (χ3v) is 3.02. The van der Waals surface area contributed by atoms with E-state index in [1.165, 1.54) is 0 Å². The molecule has 0 atom stereocenters. The van der Waals surface area contributed by atoms with Crippen LogP contribution in [-0.4, -0.2) is 65.4 Å². The van der Waals surface area contributed by atoms with Crippen molar-refractivity contribution in [1.29, 1.82) is 0 Å². The van der Waals surface area contributed by atoms with Gasteiger partial charge in [-0.2, -0.15) is 0 Å². The molecule has 0 radical (unpaired) electrons. The average Bonchev–Trinajstić information content (AvgIpc) is 2.40. The lowest BCUT2D eigenvalue weighted by Crippen LogP contribution is -2.47. The fourth-order valence-electron chi connectivity index (χ4n) is 1.88. The normalized spacial score (nSPS) is 16.7. The molecule has 0 saturated carbocycles. The van der Waals surface area contributed by atoms with Gasteiger partial charge >= 0.3 is 0 Å². The molecule has 98 valence electrons. The Morgan fingerprint density at radius 2 is 2.00 bits per heavy atom. The van der Waals surface area contributed by atoms with Crippen LogP contribution in [0.25, 0.3) is 0 Å². The fraction of sp³-hybridized carbons (Fsp3) is 0.583. The Morgan fingerprint density at radius 3 is 2.56 bits per heavy atom. The van der Waals surface area contributed by atoms with E-state index in [0.717, 1.165) is 32.7 Å². The zero-order chi connectivity index (χ0) is 13.0. The fourth-order valence-corrected chi connectivity index (χ4v) is 1.88. The largest absolute Gasteiger partial charge is 0.369 e. The minimum Gasteiger partial charge on any atom is -0.369 e. The van der Waals surface area contributed by atoms with Crippen LogP contribution in [0.5, 0.6) is 0 Å². The van der Waals surface area contributed by atoms with Gasteiger partial charge in [-0.15, -0.1) is 0 Å². The molecule has 2 rings (SSSR count). The van der Waals surface area contributed by atoms with E-state index >= 15 is 0 Å². The van der Waals surface area contributed by atoms with Crippen LogP contribution in [0.4, 0.5) is 5.82 Å². The van der Waals surface area contributed by atoms with E-state index in [1.807, 2.05) is 11.8 Å². The van der Waals surface area contributed by atoms with Gasteiger partial charge in [0, 0.05) is 32.7 Å². The number of rotatable bonds is 3. The standard InChI is InChI=1S/C12H19N5O/c1-3-13-11-9-14-10(8-15-11)12(18)17-6-4-16(2)5-7-17/h8-9H,3-7H2,1-2H3,(H,13,15). The van der Waals surface area contributed by atoms with Crippen molar-refractivity contribution in [3.8, 4) is 0 Å². The number of nitrogens with one attached hydrogen (secondary N) is 1. The van der Waals surface area contributed by atoms with Gasteiger partial charge in [0.1, 0.15) is 11.5 Å². The topological polar surface area (TPSA) is 61.4 Å². The third-order valence-electron chi connectivity index (χ3n) is 3.02. The van der Waals surface area contributed by atoms with E-state index in [2.05, 4.69) is 27.2 Å². The highest BCUT2D eigenvalue weighted by Gasteiger charge is 2.21. The molecule has 1 amide bonds. The molecule has 2 heterocycles. The number of nitrogens with zero attached hydrogens (tertiary/aromatic N) is 4. The summed E-state index contributed by atoms with van der Waals surface area (Å²) in [7, 11) is 2.06. The van der Waals surface area contributed by atoms with E-state index in [9.17, 15) is 4.79 Å². The Hall–Kier alpha value is -1.69. The maximum atomic E-state index is 12.2. The summed E-state index contributed by atoms with van der Waals surface area (Å²) in [5, 5.41) is 3.05. The van der Waals surface area contributed by atoms with E-state index in [-0.39, 0.29) is 5.91 Å². The summed E-state index contributed by atoms with van der Waals surface area (Å²) in [6.45, 7) is 6.12. The lowest BCUT2D eigenvalue weighted by atomic mass is 10.3. The molecule has 18 heavy (non-hydrogen) atoms. The number of piperazine rings is 1. The van der Waals surface area contributed by atoms with E-state index < -0.39 is 0 Å². The highest BCUT2D eigenvalue weighted by atomic mass is 16.2. The monoisotopic (exact) mass is 249 g/mol. The Balaban J connectivity index is 2.00. The molecule has 0 aliphatic carbocycles. The summed E-state index contributed by atoms with van der Waals surface area (Å²) in [6.07, 6.45) is 3.14. The first kappa shape index (κ1) is 12.8. The molecule has 1 aromatic rings. The molecule has 0 bridgehead atoms. The van der Waals surface area contributed by atoms with Crippen molar-refractivity contribution in [2.45, 2.75) is 6.92 Å². The van der Waals surface area contributed by atoms with Crippen molar-refractivity contribution in [1.82, 2.24) is 19.8 Å². The molecule has 1 aromatic heterocycles. The molecule has 1 aliphatic heterocycles. The smallest absolute Gasteiger partial charge is 0.274 e. The van der Waals surface area contributed by atoms with Crippen molar-refractivity contribution in [2.75, 3.05) is 45.1 Å². The van der Waals surface area contributed by atoms with Crippen LogP contribution in [0.2, 0.25) is 0 Å². The molecule has 6 nitrogen and oxygen atoms in total. The zero-order valence-corrected chi connectivity index (χ0v) is 10.9. The number of hydrogen-bond acceptors (Lipinski definition) is 5. The number of anilines is 1.